The van der Waals surface area contributed by atoms with E-state index in [1.54, 1.807) is 7.11 Å². The van der Waals surface area contributed by atoms with Crippen LogP contribution in [0.15, 0.2) is 24.3 Å². The lowest BCUT2D eigenvalue weighted by molar-refractivity contribution is 0.148. The second-order valence-corrected chi connectivity index (χ2v) is 3.95. The molecule has 0 unspecified atom stereocenters. The molecule has 0 fully saturated rings. The van der Waals surface area contributed by atoms with Gasteiger partial charge in [-0.3, -0.25) is 4.90 Å². The number of benzene rings is 1. The van der Waals surface area contributed by atoms with Crippen LogP contribution in [0.25, 0.3) is 0 Å². The van der Waals surface area contributed by atoms with E-state index in [0.717, 1.165) is 24.3 Å². The molecule has 0 saturated carbocycles. The fourth-order valence-corrected chi connectivity index (χ4v) is 1.83. The van der Waals surface area contributed by atoms with Crippen molar-refractivity contribution < 1.29 is 9.84 Å². The van der Waals surface area contributed by atoms with E-state index in [9.17, 15) is 5.11 Å². The Kier molecular flexibility index (Phi) is 5.29. The molecular formula is C13H21NO2. The molecule has 3 nitrogen and oxygen atoms in total. The Morgan fingerprint density at radius 1 is 1.31 bits per heavy atom. The molecule has 0 heterocycles. The zero-order valence-corrected chi connectivity index (χ0v) is 10.3. The number of hydrogen-bond acceptors (Lipinski definition) is 3. The first-order valence-corrected chi connectivity index (χ1v) is 5.68. The van der Waals surface area contributed by atoms with E-state index in [4.69, 9.17) is 4.74 Å². The van der Waals surface area contributed by atoms with Gasteiger partial charge in [0.25, 0.3) is 0 Å². The van der Waals surface area contributed by atoms with E-state index in [1.165, 1.54) is 0 Å². The quantitative estimate of drug-likeness (QED) is 0.801. The first-order chi connectivity index (χ1) is 7.72. The smallest absolute Gasteiger partial charge is 0.118 e. The van der Waals surface area contributed by atoms with Crippen LogP contribution < -0.4 is 4.74 Å². The molecular weight excluding hydrogens is 202 g/mol. The molecule has 0 radical (unpaired) electrons. The number of hydrogen-bond donors (Lipinski definition) is 1. The van der Waals surface area contributed by atoms with Gasteiger partial charge < -0.3 is 9.84 Å². The second kappa shape index (κ2) is 6.51. The highest BCUT2D eigenvalue weighted by Gasteiger charge is 2.14. The van der Waals surface area contributed by atoms with Crippen LogP contribution in [-0.4, -0.2) is 37.3 Å². The van der Waals surface area contributed by atoms with Crippen LogP contribution >= 0.6 is 0 Å². The lowest BCUT2D eigenvalue weighted by Crippen LogP contribution is -2.27. The normalized spacial score (nSPS) is 12.8. The predicted octanol–water partition coefficient (Wildman–Crippen LogP) is 2.07. The van der Waals surface area contributed by atoms with Crippen LogP contribution in [0.3, 0.4) is 0 Å². The SMILES string of the molecule is CCCN(C)[C@@H](CO)c1ccc(OC)cc1. The number of aliphatic hydroxyl groups excluding tert-OH is 1. The molecule has 1 aromatic carbocycles. The van der Waals surface area contributed by atoms with E-state index < -0.39 is 0 Å². The predicted molar refractivity (Wildman–Crippen MR) is 65.7 cm³/mol. The first-order valence-electron chi connectivity index (χ1n) is 5.68. The molecule has 1 aromatic rings. The van der Waals surface area contributed by atoms with E-state index in [-0.39, 0.29) is 12.6 Å². The van der Waals surface area contributed by atoms with Gasteiger partial charge in [-0.15, -0.1) is 0 Å². The Labute approximate surface area is 97.7 Å². The molecule has 0 saturated heterocycles. The summed E-state index contributed by atoms with van der Waals surface area (Å²) in [4.78, 5) is 2.17. The van der Waals surface area contributed by atoms with Crippen molar-refractivity contribution in [2.24, 2.45) is 0 Å². The van der Waals surface area contributed by atoms with E-state index in [2.05, 4.69) is 11.8 Å². The summed E-state index contributed by atoms with van der Waals surface area (Å²) in [6, 6.07) is 7.94. The van der Waals surface area contributed by atoms with Gasteiger partial charge in [-0.05, 0) is 37.7 Å². The Balaban J connectivity index is 2.78. The van der Waals surface area contributed by atoms with Gasteiger partial charge >= 0.3 is 0 Å². The molecule has 16 heavy (non-hydrogen) atoms. The van der Waals surface area contributed by atoms with Crippen LogP contribution in [0.5, 0.6) is 5.75 Å². The molecule has 1 atom stereocenters. The summed E-state index contributed by atoms with van der Waals surface area (Å²) in [5.74, 6) is 0.846. The zero-order valence-electron chi connectivity index (χ0n) is 10.3. The summed E-state index contributed by atoms with van der Waals surface area (Å²) in [6.45, 7) is 3.26. The standard InChI is InChI=1S/C13H21NO2/c1-4-9-14(2)13(10-15)11-5-7-12(16-3)8-6-11/h5-8,13,15H,4,9-10H2,1-3H3/t13-/m0/s1. The molecule has 0 aliphatic heterocycles. The average Bonchev–Trinajstić information content (AvgIpc) is 2.31. The minimum absolute atomic E-state index is 0.0749. The summed E-state index contributed by atoms with van der Waals surface area (Å²) in [7, 11) is 3.69. The number of methoxy groups -OCH3 is 1. The number of rotatable bonds is 6. The Morgan fingerprint density at radius 3 is 2.38 bits per heavy atom. The molecule has 1 N–H and O–H groups in total. The molecule has 0 aliphatic rings. The summed E-state index contributed by atoms with van der Waals surface area (Å²) in [5, 5.41) is 9.43. The maximum absolute atomic E-state index is 9.43. The van der Waals surface area contributed by atoms with Gasteiger partial charge in [0.05, 0.1) is 19.8 Å². The highest BCUT2D eigenvalue weighted by Crippen LogP contribution is 2.21. The lowest BCUT2D eigenvalue weighted by Gasteiger charge is -2.26. The third kappa shape index (κ3) is 3.22. The van der Waals surface area contributed by atoms with Crippen LogP contribution in [-0.2, 0) is 0 Å². The van der Waals surface area contributed by atoms with Crippen LogP contribution in [0, 0.1) is 0 Å². The van der Waals surface area contributed by atoms with Gasteiger partial charge in [0.15, 0.2) is 0 Å². The van der Waals surface area contributed by atoms with Gasteiger partial charge in [0, 0.05) is 0 Å². The first kappa shape index (κ1) is 13.0. The van der Waals surface area contributed by atoms with Crippen molar-refractivity contribution in [1.82, 2.24) is 4.90 Å². The number of ether oxygens (including phenoxy) is 1. The van der Waals surface area contributed by atoms with Crippen molar-refractivity contribution in [3.05, 3.63) is 29.8 Å². The number of aliphatic hydroxyl groups is 1. The third-order valence-electron chi connectivity index (χ3n) is 2.78. The minimum atomic E-state index is 0.0749. The highest BCUT2D eigenvalue weighted by atomic mass is 16.5. The molecule has 0 aliphatic carbocycles. The topological polar surface area (TPSA) is 32.7 Å². The fraction of sp³-hybridized carbons (Fsp3) is 0.538. The van der Waals surface area contributed by atoms with Gasteiger partial charge in [0.1, 0.15) is 5.75 Å². The lowest BCUT2D eigenvalue weighted by atomic mass is 10.1. The molecule has 0 amide bonds. The van der Waals surface area contributed by atoms with E-state index in [0.29, 0.717) is 0 Å². The Hall–Kier alpha value is -1.06. The Bertz CT molecular complexity index is 297. The molecule has 0 bridgehead atoms. The van der Waals surface area contributed by atoms with Crippen LogP contribution in [0.1, 0.15) is 24.9 Å². The summed E-state index contributed by atoms with van der Waals surface area (Å²) >= 11 is 0. The van der Waals surface area contributed by atoms with Crippen molar-refractivity contribution in [1.29, 1.82) is 0 Å². The van der Waals surface area contributed by atoms with Gasteiger partial charge in [-0.25, -0.2) is 0 Å². The fourth-order valence-electron chi connectivity index (χ4n) is 1.83. The van der Waals surface area contributed by atoms with Gasteiger partial charge in [-0.1, -0.05) is 19.1 Å². The largest absolute Gasteiger partial charge is 0.497 e. The molecule has 3 heteroatoms. The third-order valence-corrected chi connectivity index (χ3v) is 2.78. The summed E-state index contributed by atoms with van der Waals surface area (Å²) in [5.41, 5.74) is 1.12. The zero-order chi connectivity index (χ0) is 12.0. The van der Waals surface area contributed by atoms with Crippen molar-refractivity contribution in [2.45, 2.75) is 19.4 Å². The molecule has 0 aromatic heterocycles. The Morgan fingerprint density at radius 2 is 1.94 bits per heavy atom. The maximum atomic E-state index is 9.43. The van der Waals surface area contributed by atoms with Crippen LogP contribution in [0.2, 0.25) is 0 Å². The van der Waals surface area contributed by atoms with Crippen molar-refractivity contribution in [2.75, 3.05) is 27.3 Å². The average molecular weight is 223 g/mol. The molecule has 0 spiro atoms. The van der Waals surface area contributed by atoms with E-state index in [1.807, 2.05) is 31.3 Å². The van der Waals surface area contributed by atoms with Gasteiger partial charge in [0.2, 0.25) is 0 Å². The second-order valence-electron chi connectivity index (χ2n) is 3.95. The molecule has 90 valence electrons. The minimum Gasteiger partial charge on any atom is -0.497 e. The molecule has 1 rings (SSSR count). The maximum Gasteiger partial charge on any atom is 0.118 e. The summed E-state index contributed by atoms with van der Waals surface area (Å²) in [6.07, 6.45) is 1.09. The monoisotopic (exact) mass is 223 g/mol. The number of likely N-dealkylation sites (N-methyl/N-ethyl adjacent to an activating group) is 1. The van der Waals surface area contributed by atoms with Gasteiger partial charge in [-0.2, -0.15) is 0 Å². The van der Waals surface area contributed by atoms with E-state index >= 15 is 0 Å². The summed E-state index contributed by atoms with van der Waals surface area (Å²) < 4.78 is 5.11. The number of nitrogens with zero attached hydrogens (tertiary/aromatic N) is 1. The van der Waals surface area contributed by atoms with Crippen LogP contribution in [0.4, 0.5) is 0 Å². The van der Waals surface area contributed by atoms with Crippen molar-refractivity contribution in [3.8, 4) is 5.75 Å². The van der Waals surface area contributed by atoms with Crippen molar-refractivity contribution in [3.63, 3.8) is 0 Å². The van der Waals surface area contributed by atoms with Crippen molar-refractivity contribution >= 4 is 0 Å². The highest BCUT2D eigenvalue weighted by molar-refractivity contribution is 5.29.